The van der Waals surface area contributed by atoms with E-state index in [1.54, 1.807) is 0 Å². The van der Waals surface area contributed by atoms with Gasteiger partial charge in [0.1, 0.15) is 0 Å². The highest BCUT2D eigenvalue weighted by Gasteiger charge is 2.35. The molecule has 3 heteroatoms. The van der Waals surface area contributed by atoms with Gasteiger partial charge >= 0.3 is 0 Å². The Balaban J connectivity index is 2.53. The van der Waals surface area contributed by atoms with Gasteiger partial charge in [0.25, 0.3) is 0 Å². The van der Waals surface area contributed by atoms with Crippen LogP contribution in [0.2, 0.25) is 0 Å². The molecule has 108 valence electrons. The summed E-state index contributed by atoms with van der Waals surface area (Å²) >= 11 is 0. The van der Waals surface area contributed by atoms with Crippen LogP contribution in [0.4, 0.5) is 0 Å². The standard InChI is InChI=1S/C15H33N3/c1-8-16-13(3)15(4,5)11-18-9-12(2)14(10-18)17(6)7/h12-14,16H,8-11H2,1-7H3. The van der Waals surface area contributed by atoms with Gasteiger partial charge in [-0.15, -0.1) is 0 Å². The molecule has 0 spiro atoms. The fraction of sp³-hybridized carbons (Fsp3) is 1.00. The van der Waals surface area contributed by atoms with Crippen molar-refractivity contribution in [2.24, 2.45) is 11.3 Å². The normalized spacial score (nSPS) is 28.0. The zero-order valence-electron chi connectivity index (χ0n) is 13.5. The summed E-state index contributed by atoms with van der Waals surface area (Å²) in [4.78, 5) is 5.02. The van der Waals surface area contributed by atoms with Crippen LogP contribution in [0, 0.1) is 11.3 Å². The predicted molar refractivity (Wildman–Crippen MR) is 80.0 cm³/mol. The SMILES string of the molecule is CCNC(C)C(C)(C)CN1CC(C)C(N(C)C)C1. The fourth-order valence-corrected chi connectivity index (χ4v) is 3.15. The van der Waals surface area contributed by atoms with Gasteiger partial charge in [0.05, 0.1) is 0 Å². The minimum absolute atomic E-state index is 0.330. The van der Waals surface area contributed by atoms with Crippen LogP contribution in [0.1, 0.15) is 34.6 Å². The molecule has 0 radical (unpaired) electrons. The Bertz CT molecular complexity index is 250. The first kappa shape index (κ1) is 15.9. The van der Waals surface area contributed by atoms with Crippen LogP contribution in [0.3, 0.4) is 0 Å². The highest BCUT2D eigenvalue weighted by molar-refractivity contribution is 4.91. The summed E-state index contributed by atoms with van der Waals surface area (Å²) in [5, 5.41) is 3.57. The Morgan fingerprint density at radius 1 is 1.33 bits per heavy atom. The van der Waals surface area contributed by atoms with Crippen LogP contribution < -0.4 is 5.32 Å². The van der Waals surface area contributed by atoms with Crippen molar-refractivity contribution in [2.45, 2.75) is 46.7 Å². The number of nitrogens with one attached hydrogen (secondary N) is 1. The highest BCUT2D eigenvalue weighted by Crippen LogP contribution is 2.27. The summed E-state index contributed by atoms with van der Waals surface area (Å²) < 4.78 is 0. The Hall–Kier alpha value is -0.120. The lowest BCUT2D eigenvalue weighted by Crippen LogP contribution is -2.46. The smallest absolute Gasteiger partial charge is 0.0254 e. The molecule has 3 nitrogen and oxygen atoms in total. The second-order valence-corrected chi connectivity index (χ2v) is 6.97. The maximum atomic E-state index is 3.57. The van der Waals surface area contributed by atoms with Crippen molar-refractivity contribution in [1.29, 1.82) is 0 Å². The summed E-state index contributed by atoms with van der Waals surface area (Å²) in [6.45, 7) is 16.4. The van der Waals surface area contributed by atoms with E-state index in [1.807, 2.05) is 0 Å². The van der Waals surface area contributed by atoms with Crippen molar-refractivity contribution in [1.82, 2.24) is 15.1 Å². The highest BCUT2D eigenvalue weighted by atomic mass is 15.2. The first-order valence-corrected chi connectivity index (χ1v) is 7.40. The first-order valence-electron chi connectivity index (χ1n) is 7.40. The Kier molecular flexibility index (Phi) is 5.63. The second kappa shape index (κ2) is 6.36. The number of nitrogens with zero attached hydrogens (tertiary/aromatic N) is 2. The number of rotatable bonds is 6. The van der Waals surface area contributed by atoms with Gasteiger partial charge in [0.2, 0.25) is 0 Å². The van der Waals surface area contributed by atoms with Crippen LogP contribution in [0.15, 0.2) is 0 Å². The molecule has 0 bridgehead atoms. The molecule has 0 aromatic rings. The molecule has 1 N–H and O–H groups in total. The summed E-state index contributed by atoms with van der Waals surface area (Å²) in [6.07, 6.45) is 0. The van der Waals surface area contributed by atoms with E-state index < -0.39 is 0 Å². The third-order valence-corrected chi connectivity index (χ3v) is 4.63. The molecular formula is C15H33N3. The minimum atomic E-state index is 0.330. The Morgan fingerprint density at radius 2 is 1.94 bits per heavy atom. The fourth-order valence-electron chi connectivity index (χ4n) is 3.15. The average molecular weight is 255 g/mol. The van der Waals surface area contributed by atoms with Gasteiger partial charge in [0.15, 0.2) is 0 Å². The molecule has 0 amide bonds. The van der Waals surface area contributed by atoms with Crippen LogP contribution >= 0.6 is 0 Å². The number of likely N-dealkylation sites (N-methyl/N-ethyl adjacent to an activating group) is 1. The predicted octanol–water partition coefficient (Wildman–Crippen LogP) is 1.89. The monoisotopic (exact) mass is 255 g/mol. The molecule has 0 aliphatic carbocycles. The molecule has 3 atom stereocenters. The Morgan fingerprint density at radius 3 is 2.39 bits per heavy atom. The van der Waals surface area contributed by atoms with Gasteiger partial charge in [-0.05, 0) is 38.9 Å². The molecule has 18 heavy (non-hydrogen) atoms. The van der Waals surface area contributed by atoms with Crippen molar-refractivity contribution in [3.63, 3.8) is 0 Å². The van der Waals surface area contributed by atoms with Crippen molar-refractivity contribution in [3.05, 3.63) is 0 Å². The largest absolute Gasteiger partial charge is 0.314 e. The Labute approximate surface area is 114 Å². The molecule has 0 aromatic carbocycles. The number of likely N-dealkylation sites (tertiary alicyclic amines) is 1. The van der Waals surface area contributed by atoms with Crippen LogP contribution in [-0.4, -0.2) is 62.2 Å². The van der Waals surface area contributed by atoms with Crippen molar-refractivity contribution in [2.75, 3.05) is 40.3 Å². The van der Waals surface area contributed by atoms with Gasteiger partial charge in [-0.25, -0.2) is 0 Å². The van der Waals surface area contributed by atoms with Crippen molar-refractivity contribution >= 4 is 0 Å². The number of hydrogen-bond donors (Lipinski definition) is 1. The zero-order chi connectivity index (χ0) is 13.9. The maximum Gasteiger partial charge on any atom is 0.0254 e. The van der Waals surface area contributed by atoms with Gasteiger partial charge in [0, 0.05) is 31.7 Å². The maximum absolute atomic E-state index is 3.57. The number of hydrogen-bond acceptors (Lipinski definition) is 3. The molecule has 3 unspecified atom stereocenters. The van der Waals surface area contributed by atoms with Gasteiger partial charge in [-0.2, -0.15) is 0 Å². The molecule has 1 aliphatic heterocycles. The van der Waals surface area contributed by atoms with E-state index in [1.165, 1.54) is 19.6 Å². The third-order valence-electron chi connectivity index (χ3n) is 4.63. The van der Waals surface area contributed by atoms with Crippen LogP contribution in [-0.2, 0) is 0 Å². The third kappa shape index (κ3) is 3.94. The summed E-state index contributed by atoms with van der Waals surface area (Å²) in [5.74, 6) is 0.783. The van der Waals surface area contributed by atoms with E-state index in [0.717, 1.165) is 18.5 Å². The summed E-state index contributed by atoms with van der Waals surface area (Å²) in [6, 6.07) is 1.28. The van der Waals surface area contributed by atoms with Crippen LogP contribution in [0.25, 0.3) is 0 Å². The van der Waals surface area contributed by atoms with E-state index in [2.05, 4.69) is 63.8 Å². The van der Waals surface area contributed by atoms with E-state index in [9.17, 15) is 0 Å². The summed E-state index contributed by atoms with van der Waals surface area (Å²) in [5.41, 5.74) is 0.330. The topological polar surface area (TPSA) is 18.5 Å². The molecule has 1 aliphatic rings. The molecule has 0 saturated carbocycles. The van der Waals surface area contributed by atoms with Gasteiger partial charge < -0.3 is 15.1 Å². The molecular weight excluding hydrogens is 222 g/mol. The van der Waals surface area contributed by atoms with Crippen molar-refractivity contribution < 1.29 is 0 Å². The molecule has 1 saturated heterocycles. The lowest BCUT2D eigenvalue weighted by Gasteiger charge is -2.36. The van der Waals surface area contributed by atoms with Crippen molar-refractivity contribution in [3.8, 4) is 0 Å². The zero-order valence-corrected chi connectivity index (χ0v) is 13.5. The molecule has 0 aromatic heterocycles. The summed E-state index contributed by atoms with van der Waals surface area (Å²) in [7, 11) is 4.41. The second-order valence-electron chi connectivity index (χ2n) is 6.97. The molecule has 1 heterocycles. The lowest BCUT2D eigenvalue weighted by molar-refractivity contribution is 0.156. The van der Waals surface area contributed by atoms with E-state index in [4.69, 9.17) is 0 Å². The van der Waals surface area contributed by atoms with E-state index in [0.29, 0.717) is 11.5 Å². The first-order chi connectivity index (χ1) is 8.27. The van der Waals surface area contributed by atoms with Crippen LogP contribution in [0.5, 0.6) is 0 Å². The molecule has 1 fully saturated rings. The molecule has 1 rings (SSSR count). The van der Waals surface area contributed by atoms with E-state index in [-0.39, 0.29) is 0 Å². The van der Waals surface area contributed by atoms with Gasteiger partial charge in [-0.1, -0.05) is 27.7 Å². The van der Waals surface area contributed by atoms with Gasteiger partial charge in [-0.3, -0.25) is 0 Å². The average Bonchev–Trinajstić information content (AvgIpc) is 2.59. The quantitative estimate of drug-likeness (QED) is 0.782. The van der Waals surface area contributed by atoms with E-state index >= 15 is 0 Å². The lowest BCUT2D eigenvalue weighted by atomic mass is 9.85. The minimum Gasteiger partial charge on any atom is -0.314 e.